The quantitative estimate of drug-likeness (QED) is 0.376. The fourth-order valence-corrected chi connectivity index (χ4v) is 6.30. The fourth-order valence-electron chi connectivity index (χ4n) is 1.82. The molecular formula is C8H14I-. The molecule has 1 heterocycles. The third-order valence-electron chi connectivity index (χ3n) is 2.71. The Morgan fingerprint density at radius 3 is 2.56 bits per heavy atom. The molecule has 0 nitrogen and oxygen atoms in total. The summed E-state index contributed by atoms with van der Waals surface area (Å²) >= 11 is 0.639. The SMILES string of the molecule is CC1CC12CCCC[I-]2. The first-order chi connectivity index (χ1) is 4.33. The van der Waals surface area contributed by atoms with Crippen molar-refractivity contribution in [3.05, 3.63) is 0 Å². The molecular weight excluding hydrogens is 223 g/mol. The van der Waals surface area contributed by atoms with Gasteiger partial charge in [0.25, 0.3) is 0 Å². The van der Waals surface area contributed by atoms with Gasteiger partial charge in [-0.25, -0.2) is 0 Å². The summed E-state index contributed by atoms with van der Waals surface area (Å²) in [5.74, 6) is 1.13. The predicted molar refractivity (Wildman–Crippen MR) is 35.2 cm³/mol. The molecule has 0 aromatic heterocycles. The van der Waals surface area contributed by atoms with Crippen molar-refractivity contribution in [3.63, 3.8) is 0 Å². The third kappa shape index (κ3) is 1.02. The summed E-state index contributed by atoms with van der Waals surface area (Å²) in [5, 5.41) is 0. The first kappa shape index (κ1) is 6.44. The van der Waals surface area contributed by atoms with Crippen LogP contribution in [0.1, 0.15) is 32.6 Å². The zero-order valence-corrected chi connectivity index (χ0v) is 8.15. The van der Waals surface area contributed by atoms with Crippen molar-refractivity contribution in [3.8, 4) is 0 Å². The molecule has 2 unspecified atom stereocenters. The Bertz CT molecular complexity index is 114. The molecule has 2 aliphatic rings. The third-order valence-corrected chi connectivity index (χ3v) is 7.57. The van der Waals surface area contributed by atoms with E-state index >= 15 is 0 Å². The topological polar surface area (TPSA) is 0 Å². The van der Waals surface area contributed by atoms with Crippen LogP contribution in [0.15, 0.2) is 0 Å². The van der Waals surface area contributed by atoms with Crippen LogP contribution in [0.3, 0.4) is 0 Å². The molecule has 0 aromatic carbocycles. The van der Waals surface area contributed by atoms with Gasteiger partial charge >= 0.3 is 67.6 Å². The number of rotatable bonds is 0. The summed E-state index contributed by atoms with van der Waals surface area (Å²) in [7, 11) is 0. The van der Waals surface area contributed by atoms with E-state index in [0.717, 1.165) is 9.34 Å². The van der Waals surface area contributed by atoms with Gasteiger partial charge in [-0.2, -0.15) is 0 Å². The van der Waals surface area contributed by atoms with E-state index in [2.05, 4.69) is 6.92 Å². The van der Waals surface area contributed by atoms with Crippen LogP contribution in [0.25, 0.3) is 0 Å². The molecule has 0 aromatic rings. The van der Waals surface area contributed by atoms with Gasteiger partial charge in [0.2, 0.25) is 0 Å². The van der Waals surface area contributed by atoms with E-state index in [-0.39, 0.29) is 0 Å². The van der Waals surface area contributed by atoms with Gasteiger partial charge in [-0.05, 0) is 0 Å². The van der Waals surface area contributed by atoms with Gasteiger partial charge in [0, 0.05) is 0 Å². The average Bonchev–Trinajstić information content (AvgIpc) is 2.44. The molecule has 0 amide bonds. The van der Waals surface area contributed by atoms with Crippen molar-refractivity contribution >= 4 is 0 Å². The molecule has 54 valence electrons. The van der Waals surface area contributed by atoms with Gasteiger partial charge in [0.1, 0.15) is 0 Å². The van der Waals surface area contributed by atoms with E-state index in [4.69, 9.17) is 0 Å². The van der Waals surface area contributed by atoms with Gasteiger partial charge in [-0.15, -0.1) is 0 Å². The predicted octanol–water partition coefficient (Wildman–Crippen LogP) is -0.962. The molecule has 2 fully saturated rings. The summed E-state index contributed by atoms with van der Waals surface area (Å²) in [4.78, 5) is 0. The Labute approximate surface area is 67.7 Å². The second kappa shape index (κ2) is 2.11. The van der Waals surface area contributed by atoms with Crippen molar-refractivity contribution in [2.45, 2.75) is 36.0 Å². The summed E-state index contributed by atoms with van der Waals surface area (Å²) < 4.78 is 2.63. The molecule has 1 spiro atoms. The maximum absolute atomic E-state index is 2.45. The second-order valence-electron chi connectivity index (χ2n) is 3.42. The van der Waals surface area contributed by atoms with Crippen LogP contribution in [0.2, 0.25) is 0 Å². The molecule has 1 saturated heterocycles. The van der Waals surface area contributed by atoms with E-state index < -0.39 is 0 Å². The van der Waals surface area contributed by atoms with Crippen LogP contribution in [0.5, 0.6) is 0 Å². The molecule has 0 radical (unpaired) electrons. The summed E-state index contributed by atoms with van der Waals surface area (Å²) in [5.41, 5.74) is 0. The van der Waals surface area contributed by atoms with Gasteiger partial charge in [-0.1, -0.05) is 0 Å². The van der Waals surface area contributed by atoms with Crippen molar-refractivity contribution in [2.75, 3.05) is 4.43 Å². The number of hydrogen-bond acceptors (Lipinski definition) is 0. The molecule has 9 heavy (non-hydrogen) atoms. The van der Waals surface area contributed by atoms with Crippen LogP contribution in [-0.4, -0.2) is 7.85 Å². The second-order valence-corrected chi connectivity index (χ2v) is 7.41. The summed E-state index contributed by atoms with van der Waals surface area (Å²) in [6.45, 7) is 2.45. The van der Waals surface area contributed by atoms with E-state index in [1.54, 1.807) is 30.1 Å². The van der Waals surface area contributed by atoms with E-state index in [1.165, 1.54) is 0 Å². The molecule has 1 aliphatic carbocycles. The van der Waals surface area contributed by atoms with Crippen molar-refractivity contribution < 1.29 is 21.2 Å². The minimum atomic E-state index is 0.639. The van der Waals surface area contributed by atoms with Crippen LogP contribution >= 0.6 is 0 Å². The number of hydrogen-bond donors (Lipinski definition) is 0. The van der Waals surface area contributed by atoms with E-state index in [0.29, 0.717) is 21.2 Å². The van der Waals surface area contributed by atoms with Crippen LogP contribution in [0.4, 0.5) is 0 Å². The van der Waals surface area contributed by atoms with Gasteiger partial charge < -0.3 is 0 Å². The zero-order chi connectivity index (χ0) is 6.32. The molecule has 1 saturated carbocycles. The molecule has 2 rings (SSSR count). The van der Waals surface area contributed by atoms with Gasteiger partial charge in [0.15, 0.2) is 0 Å². The van der Waals surface area contributed by atoms with Crippen LogP contribution < -0.4 is 21.2 Å². The minimum absolute atomic E-state index is 0.639. The molecule has 0 bridgehead atoms. The average molecular weight is 237 g/mol. The Morgan fingerprint density at radius 2 is 2.22 bits per heavy atom. The monoisotopic (exact) mass is 237 g/mol. The summed E-state index contributed by atoms with van der Waals surface area (Å²) in [6.07, 6.45) is 6.30. The van der Waals surface area contributed by atoms with Crippen molar-refractivity contribution in [1.29, 1.82) is 0 Å². The summed E-state index contributed by atoms with van der Waals surface area (Å²) in [6, 6.07) is 0. The first-order valence-electron chi connectivity index (χ1n) is 3.94. The number of halogens is 1. The van der Waals surface area contributed by atoms with Crippen LogP contribution in [0, 0.1) is 5.92 Å². The first-order valence-corrected chi connectivity index (χ1v) is 6.54. The normalized spacial score (nSPS) is 50.6. The maximum atomic E-state index is 2.45. The molecule has 1 aliphatic heterocycles. The Balaban J connectivity index is 1.97. The Morgan fingerprint density at radius 1 is 1.44 bits per heavy atom. The zero-order valence-electron chi connectivity index (χ0n) is 5.99. The van der Waals surface area contributed by atoms with Crippen molar-refractivity contribution in [2.24, 2.45) is 5.92 Å². The molecule has 0 N–H and O–H groups in total. The van der Waals surface area contributed by atoms with E-state index in [1.807, 2.05) is 0 Å². The van der Waals surface area contributed by atoms with Gasteiger partial charge in [0.05, 0.1) is 0 Å². The van der Waals surface area contributed by atoms with Crippen LogP contribution in [-0.2, 0) is 0 Å². The van der Waals surface area contributed by atoms with E-state index in [9.17, 15) is 0 Å². The Hall–Kier alpha value is 0.730. The fraction of sp³-hybridized carbons (Fsp3) is 1.00. The number of alkyl halides is 2. The Kier molecular flexibility index (Phi) is 1.51. The van der Waals surface area contributed by atoms with Gasteiger partial charge in [-0.3, -0.25) is 0 Å². The standard InChI is InChI=1S/C8H14I/c1-7-6-8(7)4-2-3-5-9-8/h7H,2-6H2,1H3/q-1. The molecule has 2 atom stereocenters. The molecule has 1 heteroatoms. The van der Waals surface area contributed by atoms with Crippen molar-refractivity contribution in [1.82, 2.24) is 0 Å².